The molecule has 1 aromatic carbocycles. The quantitative estimate of drug-likeness (QED) is 0.467. The van der Waals surface area contributed by atoms with Crippen molar-refractivity contribution in [3.8, 4) is 11.8 Å². The Balaban J connectivity index is 1.98. The molecule has 0 saturated heterocycles. The molecule has 0 atom stereocenters. The molecule has 7 nitrogen and oxygen atoms in total. The number of nitriles is 1. The van der Waals surface area contributed by atoms with Gasteiger partial charge in [-0.15, -0.1) is 0 Å². The molecule has 0 saturated carbocycles. The molecule has 1 N–H and O–H groups in total. The zero-order chi connectivity index (χ0) is 18.9. The van der Waals surface area contributed by atoms with E-state index in [9.17, 15) is 9.59 Å². The molecular formula is C19H20N4O3. The van der Waals surface area contributed by atoms with E-state index in [0.717, 1.165) is 22.6 Å². The Morgan fingerprint density at radius 1 is 1.31 bits per heavy atom. The van der Waals surface area contributed by atoms with Gasteiger partial charge in [0.15, 0.2) is 6.61 Å². The lowest BCUT2D eigenvalue weighted by atomic mass is 10.2. The van der Waals surface area contributed by atoms with Crippen molar-refractivity contribution < 1.29 is 14.3 Å². The molecule has 0 unspecified atom stereocenters. The van der Waals surface area contributed by atoms with Gasteiger partial charge in [-0.3, -0.25) is 4.79 Å². The van der Waals surface area contributed by atoms with Gasteiger partial charge in [0.1, 0.15) is 0 Å². The normalized spacial score (nSPS) is 10.5. The van der Waals surface area contributed by atoms with Crippen LogP contribution in [0.25, 0.3) is 11.8 Å². The standard InChI is InChI=1S/C19H20N4O3/c1-14-17(15(2)23(22-14)16-7-4-3-5-8-16)9-10-19(25)26-13-18(24)21-12-6-11-20/h3-5,7-10H,6,12-13H2,1-2H3,(H,21,24)/b10-9+. The lowest BCUT2D eigenvalue weighted by Crippen LogP contribution is -2.29. The van der Waals surface area contributed by atoms with Crippen LogP contribution in [-0.2, 0) is 14.3 Å². The molecule has 2 aromatic rings. The fourth-order valence-electron chi connectivity index (χ4n) is 2.36. The third-order valence-corrected chi connectivity index (χ3v) is 3.64. The molecular weight excluding hydrogens is 332 g/mol. The monoisotopic (exact) mass is 352 g/mol. The van der Waals surface area contributed by atoms with Crippen LogP contribution < -0.4 is 5.32 Å². The first kappa shape index (κ1) is 18.9. The largest absolute Gasteiger partial charge is 0.452 e. The second-order valence-corrected chi connectivity index (χ2v) is 5.53. The van der Waals surface area contributed by atoms with Gasteiger partial charge in [-0.25, -0.2) is 9.48 Å². The topological polar surface area (TPSA) is 97.0 Å². The molecule has 0 aliphatic rings. The smallest absolute Gasteiger partial charge is 0.331 e. The van der Waals surface area contributed by atoms with Crippen molar-refractivity contribution in [1.82, 2.24) is 15.1 Å². The predicted octanol–water partition coefficient (Wildman–Crippen LogP) is 2.08. The van der Waals surface area contributed by atoms with E-state index in [2.05, 4.69) is 10.4 Å². The summed E-state index contributed by atoms with van der Waals surface area (Å²) in [6.45, 7) is 3.64. The van der Waals surface area contributed by atoms with Crippen molar-refractivity contribution >= 4 is 18.0 Å². The van der Waals surface area contributed by atoms with Crippen molar-refractivity contribution in [2.24, 2.45) is 0 Å². The van der Waals surface area contributed by atoms with Crippen LogP contribution in [0.15, 0.2) is 36.4 Å². The minimum atomic E-state index is -0.619. The van der Waals surface area contributed by atoms with Gasteiger partial charge >= 0.3 is 5.97 Å². The Morgan fingerprint density at radius 3 is 2.73 bits per heavy atom. The van der Waals surface area contributed by atoms with Gasteiger partial charge in [0.25, 0.3) is 5.91 Å². The zero-order valence-corrected chi connectivity index (χ0v) is 14.7. The summed E-state index contributed by atoms with van der Waals surface area (Å²) < 4.78 is 6.69. The molecule has 7 heteroatoms. The highest BCUT2D eigenvalue weighted by atomic mass is 16.5. The highest BCUT2D eigenvalue weighted by molar-refractivity contribution is 5.89. The molecule has 0 aliphatic heterocycles. The van der Waals surface area contributed by atoms with Gasteiger partial charge in [-0.1, -0.05) is 18.2 Å². The number of aromatic nitrogens is 2. The van der Waals surface area contributed by atoms with Gasteiger partial charge in [0, 0.05) is 23.9 Å². The average molecular weight is 352 g/mol. The number of carbonyl (C=O) groups is 2. The minimum absolute atomic E-state index is 0.212. The summed E-state index contributed by atoms with van der Waals surface area (Å²) in [7, 11) is 0. The van der Waals surface area contributed by atoms with E-state index < -0.39 is 11.9 Å². The maximum absolute atomic E-state index is 11.8. The first-order valence-corrected chi connectivity index (χ1v) is 8.13. The van der Waals surface area contributed by atoms with Gasteiger partial charge in [0.05, 0.1) is 23.9 Å². The molecule has 1 aromatic heterocycles. The number of benzene rings is 1. The van der Waals surface area contributed by atoms with Gasteiger partial charge < -0.3 is 10.1 Å². The number of esters is 1. The number of aryl methyl sites for hydroxylation is 1. The molecule has 0 fully saturated rings. The van der Waals surface area contributed by atoms with E-state index in [0.29, 0.717) is 0 Å². The van der Waals surface area contributed by atoms with Crippen LogP contribution in [0.2, 0.25) is 0 Å². The summed E-state index contributed by atoms with van der Waals surface area (Å²) in [4.78, 5) is 23.2. The summed E-state index contributed by atoms with van der Waals surface area (Å²) in [5.41, 5.74) is 3.44. The van der Waals surface area contributed by atoms with E-state index in [-0.39, 0.29) is 19.6 Å². The van der Waals surface area contributed by atoms with Crippen LogP contribution in [-0.4, -0.2) is 34.8 Å². The second-order valence-electron chi connectivity index (χ2n) is 5.53. The fraction of sp³-hybridized carbons (Fsp3) is 0.263. The molecule has 26 heavy (non-hydrogen) atoms. The predicted molar refractivity (Wildman–Crippen MR) is 96.3 cm³/mol. The summed E-state index contributed by atoms with van der Waals surface area (Å²) in [5.74, 6) is -1.06. The highest BCUT2D eigenvalue weighted by Gasteiger charge is 2.11. The molecule has 2 rings (SSSR count). The maximum Gasteiger partial charge on any atom is 0.331 e. The Kier molecular flexibility index (Phi) is 6.68. The average Bonchev–Trinajstić information content (AvgIpc) is 2.93. The Labute approximate surface area is 151 Å². The van der Waals surface area contributed by atoms with E-state index in [1.54, 1.807) is 6.08 Å². The van der Waals surface area contributed by atoms with Crippen molar-refractivity contribution in [3.63, 3.8) is 0 Å². The number of carbonyl (C=O) groups excluding carboxylic acids is 2. The van der Waals surface area contributed by atoms with E-state index >= 15 is 0 Å². The van der Waals surface area contributed by atoms with Gasteiger partial charge in [0.2, 0.25) is 0 Å². The first-order valence-electron chi connectivity index (χ1n) is 8.13. The lowest BCUT2D eigenvalue weighted by molar-refractivity contribution is -0.143. The van der Waals surface area contributed by atoms with Gasteiger partial charge in [-0.05, 0) is 32.1 Å². The number of nitrogens with one attached hydrogen (secondary N) is 1. The first-order chi connectivity index (χ1) is 12.5. The summed E-state index contributed by atoms with van der Waals surface area (Å²) in [6, 6.07) is 11.6. The Morgan fingerprint density at radius 2 is 2.04 bits per heavy atom. The number of hydrogen-bond donors (Lipinski definition) is 1. The second kappa shape index (κ2) is 9.18. The van der Waals surface area contributed by atoms with Crippen molar-refractivity contribution in [1.29, 1.82) is 5.26 Å². The van der Waals surface area contributed by atoms with E-state index in [1.807, 2.05) is 54.9 Å². The Hall–Kier alpha value is -3.40. The number of rotatable bonds is 7. The molecule has 0 spiro atoms. The molecule has 0 aliphatic carbocycles. The molecule has 1 heterocycles. The third-order valence-electron chi connectivity index (χ3n) is 3.64. The molecule has 1 amide bonds. The van der Waals surface area contributed by atoms with Crippen LogP contribution in [0.4, 0.5) is 0 Å². The van der Waals surface area contributed by atoms with Crippen LogP contribution >= 0.6 is 0 Å². The van der Waals surface area contributed by atoms with Crippen molar-refractivity contribution in [2.75, 3.05) is 13.2 Å². The number of para-hydroxylation sites is 1. The summed E-state index contributed by atoms with van der Waals surface area (Å²) in [6.07, 6.45) is 3.12. The number of hydrogen-bond acceptors (Lipinski definition) is 5. The fourth-order valence-corrected chi connectivity index (χ4v) is 2.36. The molecule has 0 bridgehead atoms. The maximum atomic E-state index is 11.8. The highest BCUT2D eigenvalue weighted by Crippen LogP contribution is 2.19. The molecule has 0 radical (unpaired) electrons. The summed E-state index contributed by atoms with van der Waals surface area (Å²) >= 11 is 0. The zero-order valence-electron chi connectivity index (χ0n) is 14.7. The minimum Gasteiger partial charge on any atom is -0.452 e. The Bertz CT molecular complexity index is 848. The van der Waals surface area contributed by atoms with Crippen LogP contribution in [0.1, 0.15) is 23.4 Å². The van der Waals surface area contributed by atoms with Crippen LogP contribution in [0.5, 0.6) is 0 Å². The van der Waals surface area contributed by atoms with Crippen molar-refractivity contribution in [3.05, 3.63) is 53.4 Å². The van der Waals surface area contributed by atoms with Gasteiger partial charge in [-0.2, -0.15) is 10.4 Å². The lowest BCUT2D eigenvalue weighted by Gasteiger charge is -2.04. The number of ether oxygens (including phenoxy) is 1. The summed E-state index contributed by atoms with van der Waals surface area (Å²) in [5, 5.41) is 15.4. The SMILES string of the molecule is Cc1nn(-c2ccccc2)c(C)c1/C=C/C(=O)OCC(=O)NCCC#N. The van der Waals surface area contributed by atoms with Crippen molar-refractivity contribution in [2.45, 2.75) is 20.3 Å². The number of amides is 1. The number of nitrogens with zero attached hydrogens (tertiary/aromatic N) is 3. The molecule has 134 valence electrons. The van der Waals surface area contributed by atoms with E-state index in [1.165, 1.54) is 6.08 Å². The van der Waals surface area contributed by atoms with E-state index in [4.69, 9.17) is 10.00 Å². The van der Waals surface area contributed by atoms with Crippen LogP contribution in [0, 0.1) is 25.2 Å². The third kappa shape index (κ3) is 5.05. The van der Waals surface area contributed by atoms with Crippen LogP contribution in [0.3, 0.4) is 0 Å².